The Labute approximate surface area is 155 Å². The van der Waals surface area contributed by atoms with Gasteiger partial charge >= 0.3 is 5.97 Å². The van der Waals surface area contributed by atoms with Gasteiger partial charge in [0.2, 0.25) is 0 Å². The van der Waals surface area contributed by atoms with Gasteiger partial charge in [0.15, 0.2) is 0 Å². The number of amides is 1. The number of hydrogen-bond acceptors (Lipinski definition) is 6. The first-order chi connectivity index (χ1) is 13.2. The summed E-state index contributed by atoms with van der Waals surface area (Å²) in [6, 6.07) is 13.7. The number of hydrogen-bond donors (Lipinski definition) is 1. The molecule has 0 atom stereocenters. The largest absolute Gasteiger partial charge is 0.462 e. The van der Waals surface area contributed by atoms with Gasteiger partial charge in [-0.3, -0.25) is 9.78 Å². The fraction of sp³-hybridized carbons (Fsp3) is 0.100. The normalized spacial score (nSPS) is 10.7. The number of furan rings is 1. The van der Waals surface area contributed by atoms with Crippen LogP contribution in [0.2, 0.25) is 0 Å². The maximum absolute atomic E-state index is 11.9. The van der Waals surface area contributed by atoms with Crippen molar-refractivity contribution in [3.05, 3.63) is 77.8 Å². The van der Waals surface area contributed by atoms with E-state index in [0.717, 1.165) is 5.56 Å². The van der Waals surface area contributed by atoms with E-state index in [1.807, 2.05) is 0 Å². The van der Waals surface area contributed by atoms with Crippen LogP contribution in [-0.2, 0) is 4.74 Å². The van der Waals surface area contributed by atoms with E-state index in [4.69, 9.17) is 9.15 Å². The lowest BCUT2D eigenvalue weighted by Crippen LogP contribution is -2.17. The summed E-state index contributed by atoms with van der Waals surface area (Å²) in [5.41, 5.74) is 4.11. The van der Waals surface area contributed by atoms with Gasteiger partial charge in [0.05, 0.1) is 23.9 Å². The molecular formula is C20H17N3O4. The van der Waals surface area contributed by atoms with Gasteiger partial charge in [-0.05, 0) is 43.3 Å². The predicted octanol–water partition coefficient (Wildman–Crippen LogP) is 3.28. The second-order valence-electron chi connectivity index (χ2n) is 5.44. The molecule has 0 radical (unpaired) electrons. The summed E-state index contributed by atoms with van der Waals surface area (Å²) < 4.78 is 10.6. The zero-order chi connectivity index (χ0) is 19.1. The van der Waals surface area contributed by atoms with Gasteiger partial charge in [-0.15, -0.1) is 0 Å². The van der Waals surface area contributed by atoms with Crippen molar-refractivity contribution in [2.24, 2.45) is 5.10 Å². The number of nitrogens with zero attached hydrogens (tertiary/aromatic N) is 2. The fourth-order valence-electron chi connectivity index (χ4n) is 2.28. The third-order valence-corrected chi connectivity index (χ3v) is 3.59. The summed E-state index contributed by atoms with van der Waals surface area (Å²) in [7, 11) is 0. The van der Waals surface area contributed by atoms with Crippen LogP contribution in [0.15, 0.2) is 70.4 Å². The smallest absolute Gasteiger partial charge is 0.338 e. The Hall–Kier alpha value is -3.74. The van der Waals surface area contributed by atoms with Crippen LogP contribution in [0.4, 0.5) is 0 Å². The van der Waals surface area contributed by atoms with Gasteiger partial charge in [-0.1, -0.05) is 12.1 Å². The summed E-state index contributed by atoms with van der Waals surface area (Å²) in [5.74, 6) is 0.373. The zero-order valence-electron chi connectivity index (χ0n) is 14.6. The highest BCUT2D eigenvalue weighted by atomic mass is 16.5. The molecule has 0 fully saturated rings. The van der Waals surface area contributed by atoms with Gasteiger partial charge in [-0.2, -0.15) is 5.10 Å². The number of carbonyl (C=O) groups excluding carboxylic acids is 2. The number of aromatic nitrogens is 1. The number of carbonyl (C=O) groups is 2. The maximum atomic E-state index is 11.9. The molecule has 0 aliphatic heterocycles. The third kappa shape index (κ3) is 4.66. The van der Waals surface area contributed by atoms with Gasteiger partial charge < -0.3 is 9.15 Å². The van der Waals surface area contributed by atoms with Crippen LogP contribution in [0.1, 0.15) is 33.4 Å². The maximum Gasteiger partial charge on any atom is 0.338 e. The summed E-state index contributed by atoms with van der Waals surface area (Å²) in [4.78, 5) is 27.4. The van der Waals surface area contributed by atoms with E-state index in [-0.39, 0.29) is 11.9 Å². The van der Waals surface area contributed by atoms with Crippen LogP contribution in [-0.4, -0.2) is 29.7 Å². The number of ether oxygens (including phenoxy) is 1. The molecule has 27 heavy (non-hydrogen) atoms. The average Bonchev–Trinajstić information content (AvgIpc) is 3.18. The van der Waals surface area contributed by atoms with Crippen molar-refractivity contribution in [2.45, 2.75) is 6.92 Å². The molecule has 0 aliphatic carbocycles. The van der Waals surface area contributed by atoms with E-state index in [2.05, 4.69) is 15.5 Å². The van der Waals surface area contributed by atoms with Gasteiger partial charge in [0.1, 0.15) is 11.5 Å². The molecule has 0 saturated carbocycles. The van der Waals surface area contributed by atoms with Crippen LogP contribution in [0.3, 0.4) is 0 Å². The van der Waals surface area contributed by atoms with Crippen LogP contribution in [0.5, 0.6) is 0 Å². The van der Waals surface area contributed by atoms with Crippen molar-refractivity contribution in [3.8, 4) is 11.3 Å². The first kappa shape index (κ1) is 18.1. The zero-order valence-corrected chi connectivity index (χ0v) is 14.6. The van der Waals surface area contributed by atoms with E-state index in [1.165, 1.54) is 12.4 Å². The fourth-order valence-corrected chi connectivity index (χ4v) is 2.28. The summed E-state index contributed by atoms with van der Waals surface area (Å²) in [6.07, 6.45) is 4.45. The molecule has 2 heterocycles. The Bertz CT molecular complexity index is 947. The topological polar surface area (TPSA) is 93.8 Å². The number of nitrogens with one attached hydrogen (secondary N) is 1. The minimum atomic E-state index is -0.360. The summed E-state index contributed by atoms with van der Waals surface area (Å²) >= 11 is 0. The second kappa shape index (κ2) is 8.57. The van der Waals surface area contributed by atoms with E-state index < -0.39 is 0 Å². The molecule has 1 amide bonds. The van der Waals surface area contributed by atoms with E-state index in [1.54, 1.807) is 61.7 Å². The van der Waals surface area contributed by atoms with Crippen molar-refractivity contribution < 1.29 is 18.7 Å². The lowest BCUT2D eigenvalue weighted by Gasteiger charge is -2.02. The molecule has 1 aromatic carbocycles. The Morgan fingerprint density at radius 1 is 1.15 bits per heavy atom. The number of benzene rings is 1. The molecule has 2 aromatic heterocycles. The molecule has 7 heteroatoms. The average molecular weight is 363 g/mol. The van der Waals surface area contributed by atoms with Gasteiger partial charge in [0.25, 0.3) is 5.91 Å². The molecule has 136 valence electrons. The highest BCUT2D eigenvalue weighted by Crippen LogP contribution is 2.22. The van der Waals surface area contributed by atoms with E-state index >= 15 is 0 Å². The highest BCUT2D eigenvalue weighted by Gasteiger charge is 2.08. The predicted molar refractivity (Wildman–Crippen MR) is 99.4 cm³/mol. The first-order valence-electron chi connectivity index (χ1n) is 8.28. The number of rotatable bonds is 6. The van der Waals surface area contributed by atoms with Gasteiger partial charge in [-0.25, -0.2) is 10.2 Å². The van der Waals surface area contributed by atoms with E-state index in [9.17, 15) is 9.59 Å². The first-order valence-corrected chi connectivity index (χ1v) is 8.28. The molecule has 0 aliphatic rings. The van der Waals surface area contributed by atoms with Crippen LogP contribution < -0.4 is 5.43 Å². The Kier molecular flexibility index (Phi) is 5.73. The van der Waals surface area contributed by atoms with Crippen molar-refractivity contribution in [2.75, 3.05) is 6.61 Å². The standard InChI is InChI=1S/C20H17N3O4/c1-2-26-20(25)15-7-5-14(6-8-15)18-10-9-17(27-18)13-22-23-19(24)16-4-3-11-21-12-16/h3-13H,2H2,1H3,(H,23,24)/b22-13+. The lowest BCUT2D eigenvalue weighted by atomic mass is 10.1. The molecule has 3 aromatic rings. The summed E-state index contributed by atoms with van der Waals surface area (Å²) in [5, 5.41) is 3.88. The van der Waals surface area contributed by atoms with Crippen LogP contribution >= 0.6 is 0 Å². The molecule has 3 rings (SSSR count). The molecule has 0 unspecified atom stereocenters. The highest BCUT2D eigenvalue weighted by molar-refractivity contribution is 5.94. The molecule has 7 nitrogen and oxygen atoms in total. The SMILES string of the molecule is CCOC(=O)c1ccc(-c2ccc(/C=N/NC(=O)c3cccnc3)o2)cc1. The summed E-state index contributed by atoms with van der Waals surface area (Å²) in [6.45, 7) is 2.09. The Morgan fingerprint density at radius 2 is 1.96 bits per heavy atom. The number of hydrazone groups is 1. The quantitative estimate of drug-likeness (QED) is 0.412. The third-order valence-electron chi connectivity index (χ3n) is 3.59. The van der Waals surface area contributed by atoms with Crippen molar-refractivity contribution in [1.29, 1.82) is 0 Å². The minimum Gasteiger partial charge on any atom is -0.462 e. The number of esters is 1. The lowest BCUT2D eigenvalue weighted by molar-refractivity contribution is 0.0526. The molecule has 0 bridgehead atoms. The van der Waals surface area contributed by atoms with Crippen LogP contribution in [0.25, 0.3) is 11.3 Å². The Morgan fingerprint density at radius 3 is 2.67 bits per heavy atom. The Balaban J connectivity index is 1.63. The second-order valence-corrected chi connectivity index (χ2v) is 5.44. The van der Waals surface area contributed by atoms with E-state index in [0.29, 0.717) is 29.3 Å². The van der Waals surface area contributed by atoms with Crippen molar-refractivity contribution in [3.63, 3.8) is 0 Å². The van der Waals surface area contributed by atoms with Crippen molar-refractivity contribution in [1.82, 2.24) is 10.4 Å². The molecule has 0 saturated heterocycles. The monoisotopic (exact) mass is 363 g/mol. The van der Waals surface area contributed by atoms with Crippen LogP contribution in [0, 0.1) is 0 Å². The van der Waals surface area contributed by atoms with Gasteiger partial charge in [0, 0.05) is 18.0 Å². The number of pyridine rings is 1. The van der Waals surface area contributed by atoms with Crippen molar-refractivity contribution >= 4 is 18.1 Å². The minimum absolute atomic E-state index is 0.332. The molecular weight excluding hydrogens is 346 g/mol. The molecule has 1 N–H and O–H groups in total. The molecule has 0 spiro atoms.